The van der Waals surface area contributed by atoms with Crippen LogP contribution in [-0.2, 0) is 0 Å². The van der Waals surface area contributed by atoms with Gasteiger partial charge in [0.15, 0.2) is 5.82 Å². The van der Waals surface area contributed by atoms with Gasteiger partial charge >= 0.3 is 0 Å². The molecule has 1 aromatic heterocycles. The van der Waals surface area contributed by atoms with Crippen LogP contribution in [0, 0.1) is 0 Å². The smallest absolute Gasteiger partial charge is 0.263 e. The van der Waals surface area contributed by atoms with Crippen LogP contribution in [0.2, 0.25) is 0 Å². The van der Waals surface area contributed by atoms with Gasteiger partial charge in [0.25, 0.3) is 11.8 Å². The zero-order valence-electron chi connectivity index (χ0n) is 17.0. The van der Waals surface area contributed by atoms with Crippen LogP contribution in [-0.4, -0.2) is 35.0 Å². The molecule has 1 amide bonds. The lowest BCUT2D eigenvalue weighted by Crippen LogP contribution is -2.34. The number of hydrogen-bond acceptors (Lipinski definition) is 5. The van der Waals surface area contributed by atoms with Crippen LogP contribution in [0.3, 0.4) is 0 Å². The van der Waals surface area contributed by atoms with E-state index in [4.69, 9.17) is 4.74 Å². The first-order valence-electron chi connectivity index (χ1n) is 10.9. The Hall–Kier alpha value is -2.63. The maximum atomic E-state index is 12.6. The van der Waals surface area contributed by atoms with Crippen molar-refractivity contribution in [3.63, 3.8) is 0 Å². The van der Waals surface area contributed by atoms with Crippen molar-refractivity contribution in [2.45, 2.75) is 63.8 Å². The number of amides is 1. The molecule has 1 saturated heterocycles. The number of piperidine rings is 1. The third-order valence-corrected chi connectivity index (χ3v) is 5.82. The molecule has 2 fully saturated rings. The van der Waals surface area contributed by atoms with E-state index in [1.165, 1.54) is 44.9 Å². The van der Waals surface area contributed by atoms with Crippen LogP contribution < -0.4 is 15.0 Å². The van der Waals surface area contributed by atoms with Crippen LogP contribution in [0.15, 0.2) is 36.7 Å². The largest absolute Gasteiger partial charge is 0.436 e. The van der Waals surface area contributed by atoms with Crippen molar-refractivity contribution in [1.82, 2.24) is 15.3 Å². The molecule has 2 heterocycles. The van der Waals surface area contributed by atoms with Crippen LogP contribution in [0.1, 0.15) is 68.1 Å². The van der Waals surface area contributed by atoms with Gasteiger partial charge in [0.05, 0.1) is 0 Å². The van der Waals surface area contributed by atoms with Crippen LogP contribution >= 0.6 is 0 Å². The number of carbonyl (C=O) groups is 1. The molecule has 2 aromatic rings. The monoisotopic (exact) mass is 394 g/mol. The quantitative estimate of drug-likeness (QED) is 0.744. The summed E-state index contributed by atoms with van der Waals surface area (Å²) in [5.74, 6) is 1.97. The van der Waals surface area contributed by atoms with Crippen LogP contribution in [0.25, 0.3) is 0 Å². The summed E-state index contributed by atoms with van der Waals surface area (Å²) in [5.41, 5.74) is 0.664. The molecule has 1 N–H and O–H groups in total. The van der Waals surface area contributed by atoms with Crippen LogP contribution in [0.5, 0.6) is 11.6 Å². The minimum Gasteiger partial charge on any atom is -0.436 e. The highest BCUT2D eigenvalue weighted by Crippen LogP contribution is 2.30. The fourth-order valence-electron chi connectivity index (χ4n) is 4.19. The Kier molecular flexibility index (Phi) is 6.60. The maximum Gasteiger partial charge on any atom is 0.263 e. The van der Waals surface area contributed by atoms with Crippen molar-refractivity contribution in [3.05, 3.63) is 42.2 Å². The molecule has 0 spiro atoms. The molecule has 4 rings (SSSR count). The van der Waals surface area contributed by atoms with Gasteiger partial charge in [-0.1, -0.05) is 25.7 Å². The number of ether oxygens (including phenoxy) is 1. The van der Waals surface area contributed by atoms with E-state index in [0.717, 1.165) is 31.7 Å². The lowest BCUT2D eigenvalue weighted by atomic mass is 10.1. The SMILES string of the molecule is O=C(NC1CCCCCC1)c1ccc(Oc2nccnc2N2CCCCC2)cc1. The molecule has 6 nitrogen and oxygen atoms in total. The summed E-state index contributed by atoms with van der Waals surface area (Å²) >= 11 is 0. The molecule has 154 valence electrons. The molecule has 2 aliphatic rings. The zero-order valence-corrected chi connectivity index (χ0v) is 17.0. The molecular weight excluding hydrogens is 364 g/mol. The topological polar surface area (TPSA) is 67.3 Å². The molecule has 6 heteroatoms. The van der Waals surface area contributed by atoms with E-state index in [1.807, 2.05) is 24.3 Å². The second-order valence-electron chi connectivity index (χ2n) is 8.02. The molecule has 1 saturated carbocycles. The summed E-state index contributed by atoms with van der Waals surface area (Å²) in [7, 11) is 0. The zero-order chi connectivity index (χ0) is 19.9. The summed E-state index contributed by atoms with van der Waals surface area (Å²) in [6.45, 7) is 1.96. The van der Waals surface area contributed by atoms with E-state index in [0.29, 0.717) is 23.2 Å². The van der Waals surface area contributed by atoms with Crippen molar-refractivity contribution in [3.8, 4) is 11.6 Å². The number of nitrogens with zero attached hydrogens (tertiary/aromatic N) is 3. The minimum absolute atomic E-state index is 0.00282. The lowest BCUT2D eigenvalue weighted by Gasteiger charge is -2.28. The summed E-state index contributed by atoms with van der Waals surface area (Å²) < 4.78 is 6.02. The molecule has 0 atom stereocenters. The predicted molar refractivity (Wildman–Crippen MR) is 114 cm³/mol. The standard InChI is InChI=1S/C23H30N4O2/c28-22(26-19-8-4-1-2-5-9-19)18-10-12-20(13-11-18)29-23-21(24-14-15-25-23)27-16-6-3-7-17-27/h10-15,19H,1-9,16-17H2,(H,26,28). The van der Waals surface area contributed by atoms with Gasteiger partial charge in [-0.15, -0.1) is 0 Å². The third kappa shape index (κ3) is 5.25. The maximum absolute atomic E-state index is 12.6. The fraction of sp³-hybridized carbons (Fsp3) is 0.522. The van der Waals surface area contributed by atoms with E-state index in [-0.39, 0.29) is 5.91 Å². The van der Waals surface area contributed by atoms with Gasteiger partial charge in [0, 0.05) is 37.1 Å². The molecular formula is C23H30N4O2. The number of nitrogens with one attached hydrogen (secondary N) is 1. The Morgan fingerprint density at radius 2 is 1.55 bits per heavy atom. The van der Waals surface area contributed by atoms with Crippen molar-refractivity contribution < 1.29 is 9.53 Å². The third-order valence-electron chi connectivity index (χ3n) is 5.82. The van der Waals surface area contributed by atoms with Gasteiger partial charge in [0.1, 0.15) is 5.75 Å². The first-order chi connectivity index (χ1) is 14.3. The van der Waals surface area contributed by atoms with Crippen molar-refractivity contribution in [1.29, 1.82) is 0 Å². The first kappa shape index (κ1) is 19.7. The number of anilines is 1. The average molecular weight is 395 g/mol. The molecule has 0 bridgehead atoms. The van der Waals surface area contributed by atoms with Gasteiger partial charge in [-0.05, 0) is 56.4 Å². The van der Waals surface area contributed by atoms with Gasteiger partial charge in [0.2, 0.25) is 0 Å². The molecule has 29 heavy (non-hydrogen) atoms. The molecule has 1 aromatic carbocycles. The van der Waals surface area contributed by atoms with Crippen molar-refractivity contribution in [2.75, 3.05) is 18.0 Å². The number of benzene rings is 1. The van der Waals surface area contributed by atoms with E-state index in [1.54, 1.807) is 12.4 Å². The molecule has 1 aliphatic heterocycles. The lowest BCUT2D eigenvalue weighted by molar-refractivity contribution is 0.0933. The minimum atomic E-state index is -0.00282. The summed E-state index contributed by atoms with van der Waals surface area (Å²) in [6.07, 6.45) is 14.1. The Balaban J connectivity index is 1.40. The van der Waals surface area contributed by atoms with Crippen molar-refractivity contribution in [2.24, 2.45) is 0 Å². The molecule has 1 aliphatic carbocycles. The van der Waals surface area contributed by atoms with E-state index in [2.05, 4.69) is 20.2 Å². The Morgan fingerprint density at radius 1 is 0.897 bits per heavy atom. The normalized spacial score (nSPS) is 18.1. The highest BCUT2D eigenvalue weighted by atomic mass is 16.5. The van der Waals surface area contributed by atoms with Gasteiger partial charge in [-0.25, -0.2) is 9.97 Å². The number of hydrogen-bond donors (Lipinski definition) is 1. The number of rotatable bonds is 5. The summed E-state index contributed by atoms with van der Waals surface area (Å²) in [5, 5.41) is 3.19. The summed E-state index contributed by atoms with van der Waals surface area (Å²) in [6, 6.07) is 7.59. The average Bonchev–Trinajstić information content (AvgIpc) is 3.04. The molecule has 0 unspecified atom stereocenters. The van der Waals surface area contributed by atoms with E-state index < -0.39 is 0 Å². The second-order valence-corrected chi connectivity index (χ2v) is 8.02. The number of aromatic nitrogens is 2. The number of carbonyl (C=O) groups excluding carboxylic acids is 1. The van der Waals surface area contributed by atoms with E-state index >= 15 is 0 Å². The van der Waals surface area contributed by atoms with E-state index in [9.17, 15) is 4.79 Å². The van der Waals surface area contributed by atoms with Crippen LogP contribution in [0.4, 0.5) is 5.82 Å². The van der Waals surface area contributed by atoms with Gasteiger partial charge in [-0.2, -0.15) is 0 Å². The highest BCUT2D eigenvalue weighted by molar-refractivity contribution is 5.94. The summed E-state index contributed by atoms with van der Waals surface area (Å²) in [4.78, 5) is 23.7. The van der Waals surface area contributed by atoms with Gasteiger partial charge < -0.3 is 15.0 Å². The predicted octanol–water partition coefficient (Wildman–Crippen LogP) is 4.71. The highest BCUT2D eigenvalue weighted by Gasteiger charge is 2.19. The molecule has 0 radical (unpaired) electrons. The Labute approximate surface area is 172 Å². The first-order valence-corrected chi connectivity index (χ1v) is 10.9. The Morgan fingerprint density at radius 3 is 2.28 bits per heavy atom. The van der Waals surface area contributed by atoms with Gasteiger partial charge in [-0.3, -0.25) is 4.79 Å². The van der Waals surface area contributed by atoms with Crippen molar-refractivity contribution >= 4 is 11.7 Å². The fourth-order valence-corrected chi connectivity index (χ4v) is 4.19. The Bertz CT molecular complexity index is 795. The second kappa shape index (κ2) is 9.72.